The number of rotatable bonds is 7. The van der Waals surface area contributed by atoms with Gasteiger partial charge in [-0.05, 0) is 35.9 Å². The standard InChI is InChI=1S/C20H21NO5/c1-22-16-7-5-13(10-19(16)24-3)9-15-12-18(26-21-15)14-6-8-17(23-2)20(11-14)25-4/h5-8,10-12H,9H2,1-4H3. The number of methoxy groups -OCH3 is 4. The lowest BCUT2D eigenvalue weighted by atomic mass is 10.1. The smallest absolute Gasteiger partial charge is 0.167 e. The third kappa shape index (κ3) is 3.59. The molecule has 3 rings (SSSR count). The first kappa shape index (κ1) is 17.7. The number of benzene rings is 2. The van der Waals surface area contributed by atoms with Crippen LogP contribution >= 0.6 is 0 Å². The molecule has 0 atom stereocenters. The highest BCUT2D eigenvalue weighted by atomic mass is 16.5. The maximum absolute atomic E-state index is 5.50. The summed E-state index contributed by atoms with van der Waals surface area (Å²) in [5, 5.41) is 4.16. The summed E-state index contributed by atoms with van der Waals surface area (Å²) in [4.78, 5) is 0. The van der Waals surface area contributed by atoms with Crippen LogP contribution in [0, 0.1) is 0 Å². The van der Waals surface area contributed by atoms with Gasteiger partial charge in [0.25, 0.3) is 0 Å². The van der Waals surface area contributed by atoms with Crippen LogP contribution in [0.15, 0.2) is 47.0 Å². The summed E-state index contributed by atoms with van der Waals surface area (Å²) in [7, 11) is 6.44. The van der Waals surface area contributed by atoms with Crippen molar-refractivity contribution in [2.24, 2.45) is 0 Å². The summed E-state index contributed by atoms with van der Waals surface area (Å²) in [5.74, 6) is 3.36. The Balaban J connectivity index is 1.82. The Labute approximate surface area is 152 Å². The lowest BCUT2D eigenvalue weighted by Gasteiger charge is -2.08. The minimum atomic E-state index is 0.622. The summed E-state index contributed by atoms with van der Waals surface area (Å²) < 4.78 is 26.7. The normalized spacial score (nSPS) is 10.5. The fourth-order valence-electron chi connectivity index (χ4n) is 2.72. The quantitative estimate of drug-likeness (QED) is 0.639. The molecule has 26 heavy (non-hydrogen) atoms. The fourth-order valence-corrected chi connectivity index (χ4v) is 2.72. The second kappa shape index (κ2) is 7.82. The van der Waals surface area contributed by atoms with Crippen LogP contribution in [0.4, 0.5) is 0 Å². The summed E-state index contributed by atoms with van der Waals surface area (Å²) in [6, 6.07) is 13.3. The van der Waals surface area contributed by atoms with Gasteiger partial charge in [0.2, 0.25) is 0 Å². The molecule has 3 aromatic rings. The Kier molecular flexibility index (Phi) is 5.31. The van der Waals surface area contributed by atoms with E-state index < -0.39 is 0 Å². The Morgan fingerprint density at radius 2 is 1.35 bits per heavy atom. The first-order chi connectivity index (χ1) is 12.7. The van der Waals surface area contributed by atoms with Crippen molar-refractivity contribution in [1.29, 1.82) is 0 Å². The first-order valence-corrected chi connectivity index (χ1v) is 8.07. The third-order valence-electron chi connectivity index (χ3n) is 4.06. The van der Waals surface area contributed by atoms with Crippen molar-refractivity contribution in [3.8, 4) is 34.3 Å². The highest BCUT2D eigenvalue weighted by Crippen LogP contribution is 2.33. The summed E-state index contributed by atoms with van der Waals surface area (Å²) >= 11 is 0. The first-order valence-electron chi connectivity index (χ1n) is 8.07. The highest BCUT2D eigenvalue weighted by molar-refractivity contribution is 5.63. The number of hydrogen-bond donors (Lipinski definition) is 0. The van der Waals surface area contributed by atoms with Crippen molar-refractivity contribution in [3.05, 3.63) is 53.7 Å². The molecule has 6 nitrogen and oxygen atoms in total. The predicted molar refractivity (Wildman–Crippen MR) is 97.4 cm³/mol. The van der Waals surface area contributed by atoms with Crippen molar-refractivity contribution in [3.63, 3.8) is 0 Å². The van der Waals surface area contributed by atoms with Crippen molar-refractivity contribution in [2.45, 2.75) is 6.42 Å². The average Bonchev–Trinajstić information content (AvgIpc) is 3.15. The second-order valence-corrected chi connectivity index (χ2v) is 5.62. The molecule has 0 saturated carbocycles. The van der Waals surface area contributed by atoms with E-state index >= 15 is 0 Å². The zero-order chi connectivity index (χ0) is 18.5. The molecule has 2 aromatic carbocycles. The molecule has 0 saturated heterocycles. The van der Waals surface area contributed by atoms with Crippen LogP contribution in [0.2, 0.25) is 0 Å². The molecule has 0 spiro atoms. The predicted octanol–water partition coefficient (Wildman–Crippen LogP) is 3.97. The zero-order valence-electron chi connectivity index (χ0n) is 15.2. The van der Waals surface area contributed by atoms with Crippen molar-refractivity contribution in [2.75, 3.05) is 28.4 Å². The van der Waals surface area contributed by atoms with E-state index in [1.807, 2.05) is 42.5 Å². The Morgan fingerprint density at radius 1 is 0.731 bits per heavy atom. The van der Waals surface area contributed by atoms with E-state index in [0.29, 0.717) is 35.2 Å². The highest BCUT2D eigenvalue weighted by Gasteiger charge is 2.12. The molecule has 0 bridgehead atoms. The van der Waals surface area contributed by atoms with Crippen LogP contribution in [0.1, 0.15) is 11.3 Å². The molecular formula is C20H21NO5. The SMILES string of the molecule is COc1ccc(Cc2cc(-c3ccc(OC)c(OC)c3)on2)cc1OC. The summed E-state index contributed by atoms with van der Waals surface area (Å²) in [5.41, 5.74) is 2.74. The van der Waals surface area contributed by atoms with E-state index in [1.54, 1.807) is 28.4 Å². The van der Waals surface area contributed by atoms with Gasteiger partial charge >= 0.3 is 0 Å². The molecule has 6 heteroatoms. The van der Waals surface area contributed by atoms with Gasteiger partial charge < -0.3 is 23.5 Å². The molecule has 0 unspecified atom stereocenters. The fraction of sp³-hybridized carbons (Fsp3) is 0.250. The lowest BCUT2D eigenvalue weighted by molar-refractivity contribution is 0.354. The summed E-state index contributed by atoms with van der Waals surface area (Å²) in [6.07, 6.45) is 0.622. The molecule has 1 aromatic heterocycles. The van der Waals surface area contributed by atoms with Gasteiger partial charge in [0.15, 0.2) is 28.8 Å². The average molecular weight is 355 g/mol. The van der Waals surface area contributed by atoms with Gasteiger partial charge in [0.05, 0.1) is 34.1 Å². The van der Waals surface area contributed by atoms with Gasteiger partial charge in [-0.3, -0.25) is 0 Å². The molecule has 0 amide bonds. The van der Waals surface area contributed by atoms with Gasteiger partial charge in [0, 0.05) is 18.1 Å². The number of ether oxygens (including phenoxy) is 4. The molecular weight excluding hydrogens is 334 g/mol. The van der Waals surface area contributed by atoms with E-state index in [1.165, 1.54) is 0 Å². The maximum atomic E-state index is 5.50. The maximum Gasteiger partial charge on any atom is 0.167 e. The molecule has 0 aliphatic carbocycles. The van der Waals surface area contributed by atoms with Crippen molar-refractivity contribution >= 4 is 0 Å². The van der Waals surface area contributed by atoms with Gasteiger partial charge in [-0.1, -0.05) is 11.2 Å². The van der Waals surface area contributed by atoms with E-state index in [9.17, 15) is 0 Å². The van der Waals surface area contributed by atoms with Crippen LogP contribution in [0.25, 0.3) is 11.3 Å². The van der Waals surface area contributed by atoms with Gasteiger partial charge in [0.1, 0.15) is 0 Å². The monoisotopic (exact) mass is 355 g/mol. The van der Waals surface area contributed by atoms with Crippen LogP contribution in [-0.2, 0) is 6.42 Å². The molecule has 1 heterocycles. The van der Waals surface area contributed by atoms with Gasteiger partial charge in [-0.25, -0.2) is 0 Å². The van der Waals surface area contributed by atoms with Crippen molar-refractivity contribution in [1.82, 2.24) is 5.16 Å². The van der Waals surface area contributed by atoms with E-state index in [2.05, 4.69) is 5.16 Å². The largest absolute Gasteiger partial charge is 0.493 e. The molecule has 0 N–H and O–H groups in total. The number of hydrogen-bond acceptors (Lipinski definition) is 6. The van der Waals surface area contributed by atoms with Crippen LogP contribution < -0.4 is 18.9 Å². The Hall–Kier alpha value is -3.15. The topological polar surface area (TPSA) is 63.0 Å². The van der Waals surface area contributed by atoms with Crippen molar-refractivity contribution < 1.29 is 23.5 Å². The molecule has 136 valence electrons. The Bertz CT molecular complexity index is 888. The lowest BCUT2D eigenvalue weighted by Crippen LogP contribution is -1.93. The molecule has 0 fully saturated rings. The van der Waals surface area contributed by atoms with Crippen LogP contribution in [0.3, 0.4) is 0 Å². The zero-order valence-corrected chi connectivity index (χ0v) is 15.2. The minimum absolute atomic E-state index is 0.622. The van der Waals surface area contributed by atoms with Crippen LogP contribution in [-0.4, -0.2) is 33.6 Å². The van der Waals surface area contributed by atoms with E-state index in [4.69, 9.17) is 23.5 Å². The molecule has 0 aliphatic rings. The molecule has 0 radical (unpaired) electrons. The number of aromatic nitrogens is 1. The minimum Gasteiger partial charge on any atom is -0.493 e. The number of nitrogens with zero attached hydrogens (tertiary/aromatic N) is 1. The van der Waals surface area contributed by atoms with Crippen LogP contribution in [0.5, 0.6) is 23.0 Å². The second-order valence-electron chi connectivity index (χ2n) is 5.62. The van der Waals surface area contributed by atoms with E-state index in [-0.39, 0.29) is 0 Å². The van der Waals surface area contributed by atoms with E-state index in [0.717, 1.165) is 16.8 Å². The third-order valence-corrected chi connectivity index (χ3v) is 4.06. The molecule has 0 aliphatic heterocycles. The van der Waals surface area contributed by atoms with Gasteiger partial charge in [-0.15, -0.1) is 0 Å². The summed E-state index contributed by atoms with van der Waals surface area (Å²) in [6.45, 7) is 0. The Morgan fingerprint density at radius 3 is 2.00 bits per heavy atom. The van der Waals surface area contributed by atoms with Gasteiger partial charge in [-0.2, -0.15) is 0 Å².